The normalized spacial score (nSPS) is 15.5. The molecule has 0 saturated heterocycles. The van der Waals surface area contributed by atoms with Crippen molar-refractivity contribution in [1.82, 2.24) is 0 Å². The average molecular weight is 1120 g/mol. The lowest BCUT2D eigenvalue weighted by molar-refractivity contribution is 0.396. The zero-order chi connectivity index (χ0) is 53.9. The molecule has 0 saturated carbocycles. The maximum atomic E-state index is 12.3. The molecule has 18 nitrogen and oxygen atoms in total. The van der Waals surface area contributed by atoms with Crippen molar-refractivity contribution < 1.29 is 77.8 Å². The van der Waals surface area contributed by atoms with Gasteiger partial charge in [-0.05, 0) is 174 Å². The van der Waals surface area contributed by atoms with Gasteiger partial charge < -0.3 is 0 Å². The van der Waals surface area contributed by atoms with Crippen LogP contribution in [0, 0.1) is 0 Å². The zero-order valence-corrected chi connectivity index (χ0v) is 43.8. The molecule has 0 amide bonds. The maximum absolute atomic E-state index is 12.3. The third kappa shape index (κ3) is 15.4. The van der Waals surface area contributed by atoms with E-state index in [2.05, 4.69) is 0 Å². The van der Waals surface area contributed by atoms with Gasteiger partial charge in [0.15, 0.2) is 0 Å². The van der Waals surface area contributed by atoms with Gasteiger partial charge in [0, 0.05) is 0 Å². The minimum absolute atomic E-state index is 0.199. The van der Waals surface area contributed by atoms with Crippen molar-refractivity contribution in [3.8, 4) is 0 Å². The third-order valence-electron chi connectivity index (χ3n) is 13.1. The summed E-state index contributed by atoms with van der Waals surface area (Å²) in [6.45, 7) is 3.74. The lowest BCUT2D eigenvalue weighted by atomic mass is 9.72. The number of benzene rings is 6. The Bertz CT molecular complexity index is 3350. The van der Waals surface area contributed by atoms with Crippen LogP contribution in [0.2, 0.25) is 0 Å². The molecule has 0 radical (unpaired) electrons. The molecule has 0 aliphatic rings. The Morgan fingerprint density at radius 2 is 0.384 bits per heavy atom. The van der Waals surface area contributed by atoms with Crippen LogP contribution in [-0.2, 0) is 60.7 Å². The van der Waals surface area contributed by atoms with Crippen molar-refractivity contribution in [2.75, 3.05) is 0 Å². The lowest BCUT2D eigenvalue weighted by Gasteiger charge is -2.32. The first-order valence-electron chi connectivity index (χ1n) is 22.2. The molecule has 24 heteroatoms. The standard InChI is InChI=1S/C49H52O18S6/c1-32(34-3-15-44(16-4-34)68(50,51)52)27-40(36-7-19-46(20-8-36)70(56,57)58)29-42(38-11-23-48(24-12-38)72(62,63)64)31-43(39-13-25-49(26-14-39)73(65,66)67)30-41(37-9-21-47(22-10-37)71(59,60)61)28-33(2)35-5-17-45(18-6-35)69(53,54)55/h3-26,32-33,40-43H,27-31H2,1-2H3,(H,50,51,52)(H,53,54,55)(H,56,57,58)(H,59,60,61)(H,62,63,64)(H,65,66,67). The summed E-state index contributed by atoms with van der Waals surface area (Å²) < 4.78 is 204. The van der Waals surface area contributed by atoms with Gasteiger partial charge in [-0.2, -0.15) is 50.5 Å². The smallest absolute Gasteiger partial charge is 0.282 e. The highest BCUT2D eigenvalue weighted by molar-refractivity contribution is 7.87. The largest absolute Gasteiger partial charge is 0.294 e. The van der Waals surface area contributed by atoms with Gasteiger partial charge in [-0.25, -0.2) is 0 Å². The zero-order valence-electron chi connectivity index (χ0n) is 38.9. The molecule has 0 heterocycles. The van der Waals surface area contributed by atoms with E-state index in [0.29, 0.717) is 46.2 Å². The second kappa shape index (κ2) is 22.3. The summed E-state index contributed by atoms with van der Waals surface area (Å²) in [5, 5.41) is 0. The molecule has 6 atom stereocenters. The van der Waals surface area contributed by atoms with E-state index in [1.165, 1.54) is 146 Å². The van der Waals surface area contributed by atoms with E-state index in [1.807, 2.05) is 13.8 Å². The van der Waals surface area contributed by atoms with E-state index >= 15 is 0 Å². The molecule has 392 valence electrons. The van der Waals surface area contributed by atoms with Crippen LogP contribution in [-0.4, -0.2) is 77.8 Å². The van der Waals surface area contributed by atoms with E-state index in [0.717, 1.165) is 0 Å². The van der Waals surface area contributed by atoms with Crippen LogP contribution in [0.3, 0.4) is 0 Å². The number of hydrogen-bond donors (Lipinski definition) is 6. The summed E-state index contributed by atoms with van der Waals surface area (Å²) in [5.41, 5.74) is 3.68. The Kier molecular flexibility index (Phi) is 17.4. The van der Waals surface area contributed by atoms with Crippen molar-refractivity contribution in [3.05, 3.63) is 179 Å². The molecule has 73 heavy (non-hydrogen) atoms. The van der Waals surface area contributed by atoms with Crippen molar-refractivity contribution in [2.45, 2.75) is 111 Å². The maximum Gasteiger partial charge on any atom is 0.294 e. The van der Waals surface area contributed by atoms with E-state index in [1.54, 1.807) is 0 Å². The van der Waals surface area contributed by atoms with Crippen LogP contribution in [0.1, 0.15) is 115 Å². The third-order valence-corrected chi connectivity index (χ3v) is 18.3. The Balaban J connectivity index is 1.51. The molecule has 6 aromatic carbocycles. The molecule has 0 bridgehead atoms. The van der Waals surface area contributed by atoms with Crippen LogP contribution in [0.15, 0.2) is 175 Å². The van der Waals surface area contributed by atoms with Crippen LogP contribution in [0.4, 0.5) is 0 Å². The molecule has 0 aliphatic carbocycles. The summed E-state index contributed by atoms with van der Waals surface area (Å²) in [6.07, 6.45) is 1.30. The summed E-state index contributed by atoms with van der Waals surface area (Å²) in [5.74, 6) is -2.80. The molecule has 6 rings (SSSR count). The Morgan fingerprint density at radius 1 is 0.247 bits per heavy atom. The summed E-state index contributed by atoms with van der Waals surface area (Å²) in [6, 6.07) is 33.1. The summed E-state index contributed by atoms with van der Waals surface area (Å²) in [7, 11) is -27.6. The van der Waals surface area contributed by atoms with Crippen LogP contribution in [0.25, 0.3) is 0 Å². The average Bonchev–Trinajstić information content (AvgIpc) is 3.31. The molecule has 6 N–H and O–H groups in total. The van der Waals surface area contributed by atoms with Gasteiger partial charge in [0.2, 0.25) is 0 Å². The fourth-order valence-corrected chi connectivity index (χ4v) is 12.1. The second-order valence-electron chi connectivity index (χ2n) is 18.0. The molecule has 0 spiro atoms. The quantitative estimate of drug-likeness (QED) is 0.0345. The first-order chi connectivity index (χ1) is 33.8. The van der Waals surface area contributed by atoms with E-state index in [-0.39, 0.29) is 50.7 Å². The molecular weight excluding hydrogens is 1070 g/mol. The van der Waals surface area contributed by atoms with Gasteiger partial charge in [-0.15, -0.1) is 0 Å². The number of hydrogen-bond acceptors (Lipinski definition) is 12. The minimum atomic E-state index is -4.66. The van der Waals surface area contributed by atoms with Crippen molar-refractivity contribution in [3.63, 3.8) is 0 Å². The lowest BCUT2D eigenvalue weighted by Crippen LogP contribution is -2.16. The first kappa shape index (κ1) is 57.1. The molecule has 0 aromatic heterocycles. The molecule has 0 aliphatic heterocycles. The van der Waals surface area contributed by atoms with E-state index < -0.39 is 94.2 Å². The van der Waals surface area contributed by atoms with Gasteiger partial charge in [0.1, 0.15) is 0 Å². The summed E-state index contributed by atoms with van der Waals surface area (Å²) >= 11 is 0. The molecule has 6 aromatic rings. The van der Waals surface area contributed by atoms with Crippen molar-refractivity contribution in [1.29, 1.82) is 0 Å². The van der Waals surface area contributed by atoms with Gasteiger partial charge in [-0.3, -0.25) is 27.3 Å². The first-order valence-corrected chi connectivity index (χ1v) is 30.9. The molecule has 6 unspecified atom stereocenters. The highest BCUT2D eigenvalue weighted by Gasteiger charge is 2.30. The van der Waals surface area contributed by atoms with Crippen molar-refractivity contribution >= 4 is 60.7 Å². The predicted molar refractivity (Wildman–Crippen MR) is 268 cm³/mol. The highest BCUT2D eigenvalue weighted by Crippen LogP contribution is 2.46. The van der Waals surface area contributed by atoms with E-state index in [4.69, 9.17) is 0 Å². The number of rotatable bonds is 22. The van der Waals surface area contributed by atoms with Crippen LogP contribution < -0.4 is 0 Å². The van der Waals surface area contributed by atoms with Gasteiger partial charge >= 0.3 is 0 Å². The fourth-order valence-electron chi connectivity index (χ4n) is 9.21. The Morgan fingerprint density at radius 3 is 0.534 bits per heavy atom. The topological polar surface area (TPSA) is 326 Å². The van der Waals surface area contributed by atoms with Crippen LogP contribution in [0.5, 0.6) is 0 Å². The molecular formula is C49H52O18S6. The second-order valence-corrected chi connectivity index (χ2v) is 26.6. The van der Waals surface area contributed by atoms with Crippen molar-refractivity contribution in [2.24, 2.45) is 0 Å². The SMILES string of the molecule is CC(CC(CC(CC(CC(CC(C)c1ccc(S(=O)(=O)O)cc1)c1ccc(S(=O)(=O)O)cc1)c1ccc(S(=O)(=O)O)cc1)c1ccc(S(=O)(=O)O)cc1)c1ccc(S(=O)(=O)O)cc1)c1ccc(S(=O)(=O)O)cc1. The van der Waals surface area contributed by atoms with E-state index in [9.17, 15) is 77.8 Å². The van der Waals surface area contributed by atoms with Crippen LogP contribution >= 0.6 is 0 Å². The fraction of sp³-hybridized carbons (Fsp3) is 0.265. The van der Waals surface area contributed by atoms with Gasteiger partial charge in [0.05, 0.1) is 29.4 Å². The monoisotopic (exact) mass is 1120 g/mol. The van der Waals surface area contributed by atoms with Gasteiger partial charge in [-0.1, -0.05) is 86.6 Å². The highest BCUT2D eigenvalue weighted by atomic mass is 32.2. The minimum Gasteiger partial charge on any atom is -0.282 e. The Hall–Kier alpha value is -5.22. The summed E-state index contributed by atoms with van der Waals surface area (Å²) in [4.78, 5) is -2.23. The van der Waals surface area contributed by atoms with Gasteiger partial charge in [0.25, 0.3) is 60.7 Å². The Labute approximate surface area is 425 Å². The predicted octanol–water partition coefficient (Wildman–Crippen LogP) is 9.16. The molecule has 0 fully saturated rings.